The Kier molecular flexibility index (Phi) is 9.96. The van der Waals surface area contributed by atoms with E-state index in [1.165, 1.54) is 73.2 Å². The number of benzene rings is 1. The van der Waals surface area contributed by atoms with E-state index in [9.17, 15) is 0 Å². The Morgan fingerprint density at radius 3 is 1.72 bits per heavy atom. The second kappa shape index (κ2) is 11.0. The molecule has 0 atom stereocenters. The van der Waals surface area contributed by atoms with E-state index < -0.39 is 0 Å². The first-order valence-electron chi connectivity index (χ1n) is 7.13. The zero-order valence-electron chi connectivity index (χ0n) is 11.1. The Bertz CT molecular complexity index is 292. The summed E-state index contributed by atoms with van der Waals surface area (Å²) >= 11 is 6.95. The van der Waals surface area contributed by atoms with Gasteiger partial charge >= 0.3 is 0 Å². The molecule has 0 nitrogen and oxygen atoms in total. The van der Waals surface area contributed by atoms with Crippen LogP contribution in [0, 0.1) is 0 Å². The Hall–Kier alpha value is 0.180. The lowest BCUT2D eigenvalue weighted by molar-refractivity contribution is 0.577. The average molecular weight is 376 g/mol. The first-order chi connectivity index (χ1) is 8.83. The van der Waals surface area contributed by atoms with Gasteiger partial charge in [-0.05, 0) is 37.0 Å². The van der Waals surface area contributed by atoms with Gasteiger partial charge in [-0.3, -0.25) is 0 Å². The second-order valence-electron chi connectivity index (χ2n) is 4.89. The third-order valence-electron chi connectivity index (χ3n) is 3.26. The zero-order valence-corrected chi connectivity index (χ0v) is 14.3. The molecule has 0 aliphatic rings. The molecule has 0 N–H and O–H groups in total. The van der Waals surface area contributed by atoms with Crippen LogP contribution in [0.4, 0.5) is 0 Å². The summed E-state index contributed by atoms with van der Waals surface area (Å²) in [5.41, 5.74) is 1.47. The summed E-state index contributed by atoms with van der Waals surface area (Å²) in [5.74, 6) is 0. The molecule has 0 aliphatic heterocycles. The van der Waals surface area contributed by atoms with E-state index >= 15 is 0 Å². The van der Waals surface area contributed by atoms with Gasteiger partial charge in [0.05, 0.1) is 0 Å². The maximum atomic E-state index is 3.48. The van der Waals surface area contributed by atoms with E-state index in [2.05, 4.69) is 56.1 Å². The fraction of sp³-hybridized carbons (Fsp3) is 0.625. The van der Waals surface area contributed by atoms with Crippen LogP contribution in [0.1, 0.15) is 56.9 Å². The minimum absolute atomic E-state index is 1.17. The van der Waals surface area contributed by atoms with E-state index in [-0.39, 0.29) is 0 Å². The van der Waals surface area contributed by atoms with Crippen molar-refractivity contribution >= 4 is 31.9 Å². The van der Waals surface area contributed by atoms with Gasteiger partial charge in [0.2, 0.25) is 0 Å². The second-order valence-corrected chi connectivity index (χ2v) is 6.60. The molecule has 0 fully saturated rings. The molecule has 1 aromatic rings. The molecule has 2 heteroatoms. The quantitative estimate of drug-likeness (QED) is 0.323. The summed E-state index contributed by atoms with van der Waals surface area (Å²) in [5, 5.41) is 1.17. The van der Waals surface area contributed by atoms with Crippen molar-refractivity contribution in [3.8, 4) is 0 Å². The normalized spacial score (nSPS) is 10.8. The summed E-state index contributed by atoms with van der Waals surface area (Å²) in [4.78, 5) is 0. The summed E-state index contributed by atoms with van der Waals surface area (Å²) in [6, 6.07) is 8.73. The molecule has 0 aromatic heterocycles. The van der Waals surface area contributed by atoms with Crippen LogP contribution >= 0.6 is 31.9 Å². The highest BCUT2D eigenvalue weighted by Gasteiger charge is 1.95. The van der Waals surface area contributed by atoms with E-state index in [0.717, 1.165) is 0 Å². The molecule has 1 aromatic carbocycles. The van der Waals surface area contributed by atoms with Crippen molar-refractivity contribution in [1.29, 1.82) is 0 Å². The molecule has 0 amide bonds. The monoisotopic (exact) mass is 374 g/mol. The van der Waals surface area contributed by atoms with Crippen molar-refractivity contribution in [3.63, 3.8) is 0 Å². The van der Waals surface area contributed by atoms with Crippen molar-refractivity contribution in [3.05, 3.63) is 34.3 Å². The molecule has 0 radical (unpaired) electrons. The fourth-order valence-corrected chi connectivity index (χ4v) is 2.80. The standard InChI is InChI=1S/C16H24Br2/c17-14-8-6-4-2-1-3-5-7-9-15-10-12-16(18)13-11-15/h10-13H,1-9,14H2. The minimum atomic E-state index is 1.17. The summed E-state index contributed by atoms with van der Waals surface area (Å²) in [7, 11) is 0. The molecule has 0 bridgehead atoms. The van der Waals surface area contributed by atoms with Crippen molar-refractivity contribution in [1.82, 2.24) is 0 Å². The largest absolute Gasteiger partial charge is 0.0928 e. The minimum Gasteiger partial charge on any atom is -0.0928 e. The van der Waals surface area contributed by atoms with Crippen LogP contribution in [0.25, 0.3) is 0 Å². The molecule has 0 heterocycles. The van der Waals surface area contributed by atoms with Crippen LogP contribution in [-0.4, -0.2) is 5.33 Å². The SMILES string of the molecule is BrCCCCCCCCCCc1ccc(Br)cc1. The van der Waals surface area contributed by atoms with Crippen LogP contribution in [0.3, 0.4) is 0 Å². The van der Waals surface area contributed by atoms with Gasteiger partial charge in [-0.2, -0.15) is 0 Å². The molecule has 0 aliphatic carbocycles. The van der Waals surface area contributed by atoms with Crippen LogP contribution in [0.5, 0.6) is 0 Å². The number of rotatable bonds is 10. The number of halogens is 2. The topological polar surface area (TPSA) is 0 Å². The third kappa shape index (κ3) is 8.31. The van der Waals surface area contributed by atoms with Gasteiger partial charge in [0, 0.05) is 9.80 Å². The van der Waals surface area contributed by atoms with Crippen LogP contribution in [0.2, 0.25) is 0 Å². The number of hydrogen-bond donors (Lipinski definition) is 0. The van der Waals surface area contributed by atoms with Gasteiger partial charge in [0.1, 0.15) is 0 Å². The van der Waals surface area contributed by atoms with Gasteiger partial charge in [0.25, 0.3) is 0 Å². The predicted molar refractivity (Wildman–Crippen MR) is 88.6 cm³/mol. The number of unbranched alkanes of at least 4 members (excludes halogenated alkanes) is 7. The third-order valence-corrected chi connectivity index (χ3v) is 4.35. The lowest BCUT2D eigenvalue weighted by Gasteiger charge is -2.03. The maximum absolute atomic E-state index is 3.48. The van der Waals surface area contributed by atoms with Crippen molar-refractivity contribution in [2.24, 2.45) is 0 Å². The Labute approximate surface area is 129 Å². The average Bonchev–Trinajstić information content (AvgIpc) is 2.39. The molecule has 1 rings (SSSR count). The van der Waals surface area contributed by atoms with E-state index in [1.807, 2.05) is 0 Å². The van der Waals surface area contributed by atoms with Crippen molar-refractivity contribution in [2.45, 2.75) is 57.8 Å². The van der Waals surface area contributed by atoms with Crippen molar-refractivity contribution < 1.29 is 0 Å². The molecule has 0 unspecified atom stereocenters. The van der Waals surface area contributed by atoms with E-state index in [4.69, 9.17) is 0 Å². The first-order valence-corrected chi connectivity index (χ1v) is 9.05. The van der Waals surface area contributed by atoms with Crippen LogP contribution in [-0.2, 0) is 6.42 Å². The highest BCUT2D eigenvalue weighted by Crippen LogP contribution is 2.14. The predicted octanol–water partition coefficient (Wildman–Crippen LogP) is 6.51. The zero-order chi connectivity index (χ0) is 13.1. The number of aryl methyl sites for hydroxylation is 1. The molecule has 0 spiro atoms. The summed E-state index contributed by atoms with van der Waals surface area (Å²) < 4.78 is 1.18. The Morgan fingerprint density at radius 2 is 1.17 bits per heavy atom. The van der Waals surface area contributed by atoms with Gasteiger partial charge in [0.15, 0.2) is 0 Å². The van der Waals surface area contributed by atoms with Crippen LogP contribution in [0.15, 0.2) is 28.7 Å². The van der Waals surface area contributed by atoms with E-state index in [0.29, 0.717) is 0 Å². The smallest absolute Gasteiger partial charge is 0.0175 e. The molecule has 18 heavy (non-hydrogen) atoms. The van der Waals surface area contributed by atoms with Crippen LogP contribution < -0.4 is 0 Å². The lowest BCUT2D eigenvalue weighted by Crippen LogP contribution is -1.86. The lowest BCUT2D eigenvalue weighted by atomic mass is 10.0. The molecule has 0 saturated heterocycles. The Balaban J connectivity index is 1.91. The van der Waals surface area contributed by atoms with Gasteiger partial charge in [-0.15, -0.1) is 0 Å². The fourth-order valence-electron chi connectivity index (χ4n) is 2.14. The summed E-state index contributed by atoms with van der Waals surface area (Å²) in [6.45, 7) is 0. The van der Waals surface area contributed by atoms with E-state index in [1.54, 1.807) is 0 Å². The van der Waals surface area contributed by atoms with Crippen molar-refractivity contribution in [2.75, 3.05) is 5.33 Å². The molecule has 0 saturated carbocycles. The Morgan fingerprint density at radius 1 is 0.667 bits per heavy atom. The van der Waals surface area contributed by atoms with Gasteiger partial charge in [-0.1, -0.05) is 82.5 Å². The maximum Gasteiger partial charge on any atom is 0.0175 e. The highest BCUT2D eigenvalue weighted by atomic mass is 79.9. The molecular weight excluding hydrogens is 352 g/mol. The van der Waals surface area contributed by atoms with Gasteiger partial charge < -0.3 is 0 Å². The highest BCUT2D eigenvalue weighted by molar-refractivity contribution is 9.10. The van der Waals surface area contributed by atoms with Gasteiger partial charge in [-0.25, -0.2) is 0 Å². The number of hydrogen-bond acceptors (Lipinski definition) is 0. The first kappa shape index (κ1) is 16.2. The summed E-state index contributed by atoms with van der Waals surface area (Å²) in [6.07, 6.45) is 12.3. The number of alkyl halides is 1. The molecule has 102 valence electrons. The molecular formula is C16H24Br2.